The molecule has 32 heavy (non-hydrogen) atoms. The second-order valence-electron chi connectivity index (χ2n) is 9.21. The predicted molar refractivity (Wildman–Crippen MR) is 133 cm³/mol. The van der Waals surface area contributed by atoms with Crippen molar-refractivity contribution < 1.29 is 14.3 Å². The van der Waals surface area contributed by atoms with Crippen molar-refractivity contribution in [3.63, 3.8) is 0 Å². The second-order valence-corrected chi connectivity index (χ2v) is 10.1. The normalized spacial score (nSPS) is 13.2. The number of amides is 2. The van der Waals surface area contributed by atoms with Gasteiger partial charge in [-0.15, -0.1) is 0 Å². The van der Waals surface area contributed by atoms with E-state index in [0.717, 1.165) is 16.5 Å². The van der Waals surface area contributed by atoms with Gasteiger partial charge in [0.15, 0.2) is 6.61 Å². The van der Waals surface area contributed by atoms with Gasteiger partial charge >= 0.3 is 0 Å². The molecule has 2 rings (SSSR count). The van der Waals surface area contributed by atoms with Crippen LogP contribution in [0.4, 0.5) is 0 Å². The molecule has 2 unspecified atom stereocenters. The molecule has 2 aromatic rings. The van der Waals surface area contributed by atoms with Crippen LogP contribution in [0.2, 0.25) is 0 Å². The number of rotatable bonds is 9. The van der Waals surface area contributed by atoms with Crippen LogP contribution in [0.25, 0.3) is 0 Å². The zero-order valence-electron chi connectivity index (χ0n) is 19.9. The number of ether oxygens (including phenoxy) is 1. The van der Waals surface area contributed by atoms with E-state index in [0.29, 0.717) is 12.3 Å². The fourth-order valence-electron chi connectivity index (χ4n) is 3.16. The molecule has 2 aromatic carbocycles. The summed E-state index contributed by atoms with van der Waals surface area (Å²) in [6, 6.07) is 15.0. The average Bonchev–Trinajstić information content (AvgIpc) is 2.75. The van der Waals surface area contributed by atoms with Crippen molar-refractivity contribution >= 4 is 27.7 Å². The maximum absolute atomic E-state index is 13.1. The molecule has 0 saturated heterocycles. The summed E-state index contributed by atoms with van der Waals surface area (Å²) in [5.41, 5.74) is 2.18. The lowest BCUT2D eigenvalue weighted by atomic mass is 9.87. The first-order valence-corrected chi connectivity index (χ1v) is 11.9. The Morgan fingerprint density at radius 3 is 2.31 bits per heavy atom. The highest BCUT2D eigenvalue weighted by molar-refractivity contribution is 9.10. The molecular weight excluding hydrogens is 468 g/mol. The van der Waals surface area contributed by atoms with Crippen LogP contribution in [0.15, 0.2) is 53.0 Å². The molecule has 0 saturated carbocycles. The fourth-order valence-corrected chi connectivity index (χ4v) is 3.61. The summed E-state index contributed by atoms with van der Waals surface area (Å²) in [6.07, 6.45) is 0.825. The van der Waals surface area contributed by atoms with Crippen LogP contribution in [0.3, 0.4) is 0 Å². The maximum atomic E-state index is 13.1. The minimum atomic E-state index is -0.623. The monoisotopic (exact) mass is 502 g/mol. The third kappa shape index (κ3) is 7.66. The van der Waals surface area contributed by atoms with E-state index in [4.69, 9.17) is 4.74 Å². The van der Waals surface area contributed by atoms with Crippen LogP contribution in [-0.4, -0.2) is 35.4 Å². The van der Waals surface area contributed by atoms with Gasteiger partial charge in [0, 0.05) is 17.1 Å². The maximum Gasteiger partial charge on any atom is 0.261 e. The van der Waals surface area contributed by atoms with Gasteiger partial charge in [-0.25, -0.2) is 0 Å². The summed E-state index contributed by atoms with van der Waals surface area (Å²) >= 11 is 3.47. The van der Waals surface area contributed by atoms with Crippen molar-refractivity contribution in [3.05, 3.63) is 64.1 Å². The molecule has 2 atom stereocenters. The minimum Gasteiger partial charge on any atom is -0.484 e. The Morgan fingerprint density at radius 1 is 1.09 bits per heavy atom. The van der Waals surface area contributed by atoms with Crippen LogP contribution in [0.5, 0.6) is 5.75 Å². The number of nitrogens with zero attached hydrogens (tertiary/aromatic N) is 1. The van der Waals surface area contributed by atoms with E-state index in [1.807, 2.05) is 62.4 Å². The highest BCUT2D eigenvalue weighted by Crippen LogP contribution is 2.24. The molecule has 0 aliphatic rings. The van der Waals surface area contributed by atoms with Crippen molar-refractivity contribution in [2.24, 2.45) is 0 Å². The summed E-state index contributed by atoms with van der Waals surface area (Å²) in [5, 5.41) is 2.97. The highest BCUT2D eigenvalue weighted by Gasteiger charge is 2.27. The van der Waals surface area contributed by atoms with E-state index in [2.05, 4.69) is 42.0 Å². The van der Waals surface area contributed by atoms with Crippen molar-refractivity contribution in [1.82, 2.24) is 10.2 Å². The molecule has 6 heteroatoms. The summed E-state index contributed by atoms with van der Waals surface area (Å²) in [7, 11) is 0. The van der Waals surface area contributed by atoms with Crippen LogP contribution in [0.1, 0.15) is 59.1 Å². The first-order chi connectivity index (χ1) is 15.0. The number of benzene rings is 2. The lowest BCUT2D eigenvalue weighted by Crippen LogP contribution is -2.50. The molecular formula is C26H35BrN2O3. The van der Waals surface area contributed by atoms with E-state index in [-0.39, 0.29) is 29.9 Å². The smallest absolute Gasteiger partial charge is 0.261 e. The molecule has 0 radical (unpaired) electrons. The lowest BCUT2D eigenvalue weighted by molar-refractivity contribution is -0.142. The van der Waals surface area contributed by atoms with Crippen molar-refractivity contribution in [1.29, 1.82) is 0 Å². The molecule has 0 aliphatic heterocycles. The van der Waals surface area contributed by atoms with Crippen molar-refractivity contribution in [2.45, 2.75) is 72.0 Å². The Balaban J connectivity index is 2.14. The average molecular weight is 503 g/mol. The third-order valence-electron chi connectivity index (χ3n) is 5.49. The van der Waals surface area contributed by atoms with Crippen molar-refractivity contribution in [2.75, 3.05) is 6.61 Å². The molecule has 5 nitrogen and oxygen atoms in total. The molecule has 0 heterocycles. The Bertz CT molecular complexity index is 906. The quantitative estimate of drug-likeness (QED) is 0.495. The molecule has 0 fully saturated rings. The summed E-state index contributed by atoms with van der Waals surface area (Å²) in [6.45, 7) is 12.4. The number of carbonyl (C=O) groups is 2. The SMILES string of the molecule is CCC(C)NC(=O)C(C)N(Cc1cccc(Br)c1)C(=O)COc1ccc(C(C)(C)C)cc1. The number of carbonyl (C=O) groups excluding carboxylic acids is 2. The molecule has 174 valence electrons. The Kier molecular flexibility index (Phi) is 9.32. The van der Waals surface area contributed by atoms with Gasteiger partial charge in [-0.05, 0) is 61.1 Å². The Morgan fingerprint density at radius 2 is 1.75 bits per heavy atom. The Hall–Kier alpha value is -2.34. The summed E-state index contributed by atoms with van der Waals surface area (Å²) in [5.74, 6) is 0.222. The summed E-state index contributed by atoms with van der Waals surface area (Å²) in [4.78, 5) is 27.5. The van der Waals surface area contributed by atoms with Gasteiger partial charge in [-0.2, -0.15) is 0 Å². The van der Waals surface area contributed by atoms with Gasteiger partial charge in [0.05, 0.1) is 0 Å². The topological polar surface area (TPSA) is 58.6 Å². The molecule has 2 amide bonds. The van der Waals surface area contributed by atoms with E-state index in [9.17, 15) is 9.59 Å². The third-order valence-corrected chi connectivity index (χ3v) is 5.99. The molecule has 0 aromatic heterocycles. The van der Waals surface area contributed by atoms with Crippen molar-refractivity contribution in [3.8, 4) is 5.75 Å². The minimum absolute atomic E-state index is 0.0466. The number of halogens is 1. The zero-order valence-corrected chi connectivity index (χ0v) is 21.5. The van der Waals surface area contributed by atoms with Crippen LogP contribution >= 0.6 is 15.9 Å². The van der Waals surface area contributed by atoms with Gasteiger partial charge < -0.3 is 15.0 Å². The van der Waals surface area contributed by atoms with Gasteiger partial charge in [0.25, 0.3) is 5.91 Å². The highest BCUT2D eigenvalue weighted by atomic mass is 79.9. The Labute approximate surface area is 200 Å². The number of hydrogen-bond acceptors (Lipinski definition) is 3. The molecule has 0 spiro atoms. The fraction of sp³-hybridized carbons (Fsp3) is 0.462. The van der Waals surface area contributed by atoms with Gasteiger partial charge in [0.1, 0.15) is 11.8 Å². The number of nitrogens with one attached hydrogen (secondary N) is 1. The standard InChI is InChI=1S/C26H35BrN2O3/c1-7-18(2)28-25(31)19(3)29(16-20-9-8-10-22(27)15-20)24(30)17-32-23-13-11-21(12-14-23)26(4,5)6/h8-15,18-19H,7,16-17H2,1-6H3,(H,28,31). The largest absolute Gasteiger partial charge is 0.484 e. The second kappa shape index (κ2) is 11.5. The molecule has 1 N–H and O–H groups in total. The first-order valence-electron chi connectivity index (χ1n) is 11.1. The van der Waals surface area contributed by atoms with Gasteiger partial charge in [0.2, 0.25) is 5.91 Å². The van der Waals surface area contributed by atoms with Crippen LogP contribution < -0.4 is 10.1 Å². The van der Waals surface area contributed by atoms with Gasteiger partial charge in [-0.1, -0.05) is 67.9 Å². The summed E-state index contributed by atoms with van der Waals surface area (Å²) < 4.78 is 6.70. The first kappa shape index (κ1) is 25.9. The number of hydrogen-bond donors (Lipinski definition) is 1. The predicted octanol–water partition coefficient (Wildman–Crippen LogP) is 5.46. The van der Waals surface area contributed by atoms with Crippen LogP contribution in [-0.2, 0) is 21.5 Å². The zero-order chi connectivity index (χ0) is 23.9. The van der Waals surface area contributed by atoms with E-state index in [1.54, 1.807) is 11.8 Å². The lowest BCUT2D eigenvalue weighted by Gasteiger charge is -2.29. The molecule has 0 bridgehead atoms. The molecule has 0 aliphatic carbocycles. The van der Waals surface area contributed by atoms with Crippen LogP contribution in [0, 0.1) is 0 Å². The van der Waals surface area contributed by atoms with E-state index < -0.39 is 6.04 Å². The van der Waals surface area contributed by atoms with Gasteiger partial charge in [-0.3, -0.25) is 9.59 Å². The van der Waals surface area contributed by atoms with E-state index in [1.165, 1.54) is 5.56 Å². The van der Waals surface area contributed by atoms with E-state index >= 15 is 0 Å².